The van der Waals surface area contributed by atoms with Gasteiger partial charge in [-0.25, -0.2) is 0 Å². The molecule has 0 aromatic carbocycles. The van der Waals surface area contributed by atoms with E-state index in [1.807, 2.05) is 6.92 Å². The minimum Gasteiger partial charge on any atom is -0.485 e. The molecule has 2 bridgehead atoms. The highest BCUT2D eigenvalue weighted by Gasteiger charge is 2.47. The summed E-state index contributed by atoms with van der Waals surface area (Å²) in [6.45, 7) is 6.04. The van der Waals surface area contributed by atoms with Gasteiger partial charge in [0.2, 0.25) is 0 Å². The summed E-state index contributed by atoms with van der Waals surface area (Å²) in [5, 5.41) is 0. The van der Waals surface area contributed by atoms with Crippen molar-refractivity contribution in [2.24, 2.45) is 23.7 Å². The van der Waals surface area contributed by atoms with Gasteiger partial charge in [-0.3, -0.25) is 0 Å². The van der Waals surface area contributed by atoms with E-state index in [0.29, 0.717) is 6.61 Å². The fraction of sp³-hybridized carbons (Fsp3) is 0.706. The van der Waals surface area contributed by atoms with E-state index in [2.05, 4.69) is 24.5 Å². The van der Waals surface area contributed by atoms with E-state index in [-0.39, 0.29) is 12.2 Å². The molecule has 3 aliphatic carbocycles. The van der Waals surface area contributed by atoms with Crippen molar-refractivity contribution in [2.75, 3.05) is 6.61 Å². The Hall–Kier alpha value is -0.980. The zero-order valence-electron chi connectivity index (χ0n) is 11.8. The van der Waals surface area contributed by atoms with Crippen molar-refractivity contribution in [3.8, 4) is 0 Å². The minimum absolute atomic E-state index is 0.222. The van der Waals surface area contributed by atoms with Gasteiger partial charge in [-0.1, -0.05) is 24.5 Å². The minimum atomic E-state index is 0.222. The summed E-state index contributed by atoms with van der Waals surface area (Å²) in [6.07, 6.45) is 12.9. The molecule has 4 aliphatic rings. The predicted molar refractivity (Wildman–Crippen MR) is 75.6 cm³/mol. The van der Waals surface area contributed by atoms with Crippen LogP contribution < -0.4 is 0 Å². The summed E-state index contributed by atoms with van der Waals surface area (Å²) in [5.41, 5.74) is 2.53. The third kappa shape index (κ3) is 2.52. The molecule has 1 heterocycles. The van der Waals surface area contributed by atoms with Gasteiger partial charge in [-0.2, -0.15) is 0 Å². The SMILES string of the molecule is C1=CC2C3CCC(C3)C2C1.C=C=COC1COC1C. The lowest BCUT2D eigenvalue weighted by molar-refractivity contribution is -0.155. The summed E-state index contributed by atoms with van der Waals surface area (Å²) >= 11 is 0. The van der Waals surface area contributed by atoms with Crippen molar-refractivity contribution < 1.29 is 9.47 Å². The van der Waals surface area contributed by atoms with Crippen LogP contribution in [0, 0.1) is 23.7 Å². The third-order valence-electron chi connectivity index (χ3n) is 5.30. The second-order valence-electron chi connectivity index (χ2n) is 6.27. The molecule has 104 valence electrons. The van der Waals surface area contributed by atoms with Gasteiger partial charge in [-0.05, 0) is 56.3 Å². The molecule has 0 spiro atoms. The lowest BCUT2D eigenvalue weighted by atomic mass is 9.82. The Morgan fingerprint density at radius 1 is 1.37 bits per heavy atom. The number of hydrogen-bond donors (Lipinski definition) is 0. The number of hydrogen-bond acceptors (Lipinski definition) is 2. The van der Waals surface area contributed by atoms with Crippen LogP contribution in [0.2, 0.25) is 0 Å². The maximum Gasteiger partial charge on any atom is 0.148 e. The molecule has 6 unspecified atom stereocenters. The third-order valence-corrected chi connectivity index (χ3v) is 5.30. The summed E-state index contributed by atoms with van der Waals surface area (Å²) in [5.74, 6) is 4.36. The Morgan fingerprint density at radius 3 is 2.84 bits per heavy atom. The Balaban J connectivity index is 0.000000117. The molecule has 6 atom stereocenters. The number of allylic oxidation sites excluding steroid dienone is 2. The fourth-order valence-corrected chi connectivity index (χ4v) is 4.15. The van der Waals surface area contributed by atoms with E-state index in [9.17, 15) is 0 Å². The van der Waals surface area contributed by atoms with Crippen LogP contribution in [0.5, 0.6) is 0 Å². The van der Waals surface area contributed by atoms with Crippen LogP contribution in [0.3, 0.4) is 0 Å². The number of rotatable bonds is 2. The van der Waals surface area contributed by atoms with E-state index in [1.54, 1.807) is 12.8 Å². The molecule has 0 amide bonds. The standard InChI is InChI=1S/C10H14.C7H10O2/c1-2-9-7-4-5-8(6-7)10(9)3-1;1-3-4-8-7-5-9-6(7)2/h1-2,7-10H,3-6H2;4,6-7H,1,5H2,2H3. The van der Waals surface area contributed by atoms with Crippen molar-refractivity contribution in [2.45, 2.75) is 44.8 Å². The van der Waals surface area contributed by atoms with Gasteiger partial charge < -0.3 is 9.47 Å². The molecule has 2 heteroatoms. The fourth-order valence-electron chi connectivity index (χ4n) is 4.15. The average Bonchev–Trinajstić information content (AvgIpc) is 3.11. The lowest BCUT2D eigenvalue weighted by Crippen LogP contribution is -2.43. The van der Waals surface area contributed by atoms with Crippen LogP contribution in [0.1, 0.15) is 32.6 Å². The van der Waals surface area contributed by atoms with Gasteiger partial charge in [0.1, 0.15) is 12.4 Å². The topological polar surface area (TPSA) is 18.5 Å². The predicted octanol–water partition coefficient (Wildman–Crippen LogP) is 3.70. The average molecular weight is 260 g/mol. The van der Waals surface area contributed by atoms with Gasteiger partial charge >= 0.3 is 0 Å². The summed E-state index contributed by atoms with van der Waals surface area (Å²) in [7, 11) is 0. The Bertz CT molecular complexity index is 394. The zero-order valence-corrected chi connectivity index (χ0v) is 11.8. The monoisotopic (exact) mass is 260 g/mol. The molecule has 19 heavy (non-hydrogen) atoms. The summed E-state index contributed by atoms with van der Waals surface area (Å²) in [6, 6.07) is 0. The first-order valence-corrected chi connectivity index (χ1v) is 7.57. The Labute approximate surface area is 116 Å². The van der Waals surface area contributed by atoms with Crippen molar-refractivity contribution in [1.82, 2.24) is 0 Å². The maximum absolute atomic E-state index is 5.12. The smallest absolute Gasteiger partial charge is 0.148 e. The van der Waals surface area contributed by atoms with E-state index < -0.39 is 0 Å². The number of ether oxygens (including phenoxy) is 2. The van der Waals surface area contributed by atoms with Crippen molar-refractivity contribution >= 4 is 0 Å². The van der Waals surface area contributed by atoms with Crippen LogP contribution in [0.25, 0.3) is 0 Å². The molecule has 0 radical (unpaired) electrons. The second-order valence-corrected chi connectivity index (χ2v) is 6.27. The van der Waals surface area contributed by atoms with Crippen molar-refractivity contribution in [3.63, 3.8) is 0 Å². The molecule has 0 N–H and O–H groups in total. The normalized spacial score (nSPS) is 44.7. The lowest BCUT2D eigenvalue weighted by Gasteiger charge is -2.32. The van der Waals surface area contributed by atoms with Gasteiger partial charge in [0, 0.05) is 0 Å². The molecule has 4 rings (SSSR count). The van der Waals surface area contributed by atoms with Gasteiger partial charge in [0.25, 0.3) is 0 Å². The highest BCUT2D eigenvalue weighted by atomic mass is 16.6. The summed E-state index contributed by atoms with van der Waals surface area (Å²) in [4.78, 5) is 0. The molecular weight excluding hydrogens is 236 g/mol. The Morgan fingerprint density at radius 2 is 2.21 bits per heavy atom. The van der Waals surface area contributed by atoms with Crippen molar-refractivity contribution in [1.29, 1.82) is 0 Å². The van der Waals surface area contributed by atoms with E-state index >= 15 is 0 Å². The van der Waals surface area contributed by atoms with Crippen LogP contribution in [-0.4, -0.2) is 18.8 Å². The quantitative estimate of drug-likeness (QED) is 0.428. The second kappa shape index (κ2) is 5.56. The molecule has 2 nitrogen and oxygen atoms in total. The number of fused-ring (bicyclic) bond motifs is 5. The first kappa shape index (κ1) is 13.0. The van der Waals surface area contributed by atoms with Crippen LogP contribution >= 0.6 is 0 Å². The van der Waals surface area contributed by atoms with E-state index in [4.69, 9.17) is 9.47 Å². The van der Waals surface area contributed by atoms with E-state index in [1.165, 1.54) is 19.1 Å². The first-order valence-electron chi connectivity index (χ1n) is 7.57. The highest BCUT2D eigenvalue weighted by molar-refractivity contribution is 5.11. The van der Waals surface area contributed by atoms with Crippen LogP contribution in [-0.2, 0) is 9.47 Å². The molecule has 1 saturated heterocycles. The molecule has 0 aromatic rings. The molecule has 2 saturated carbocycles. The van der Waals surface area contributed by atoms with Gasteiger partial charge in [-0.15, -0.1) is 0 Å². The molecular formula is C17H24O2. The first-order chi connectivity index (χ1) is 9.29. The molecule has 0 aromatic heterocycles. The molecule has 1 aliphatic heterocycles. The maximum atomic E-state index is 5.12. The zero-order chi connectivity index (χ0) is 13.2. The van der Waals surface area contributed by atoms with E-state index in [0.717, 1.165) is 23.7 Å². The highest BCUT2D eigenvalue weighted by Crippen LogP contribution is 2.56. The largest absolute Gasteiger partial charge is 0.485 e. The molecule has 3 fully saturated rings. The van der Waals surface area contributed by atoms with Crippen LogP contribution in [0.4, 0.5) is 0 Å². The van der Waals surface area contributed by atoms with Gasteiger partial charge in [0.15, 0.2) is 0 Å². The van der Waals surface area contributed by atoms with Crippen LogP contribution in [0.15, 0.2) is 30.7 Å². The van der Waals surface area contributed by atoms with Crippen molar-refractivity contribution in [3.05, 3.63) is 30.7 Å². The van der Waals surface area contributed by atoms with Gasteiger partial charge in [0.05, 0.1) is 12.7 Å². The Kier molecular flexibility index (Phi) is 3.81. The summed E-state index contributed by atoms with van der Waals surface area (Å²) < 4.78 is 10.2.